The Labute approximate surface area is 74.2 Å². The van der Waals surface area contributed by atoms with E-state index < -0.39 is 11.0 Å². The van der Waals surface area contributed by atoms with E-state index in [4.69, 9.17) is 10.8 Å². The van der Waals surface area contributed by atoms with Gasteiger partial charge in [0.25, 0.3) is 5.69 Å². The Kier molecular flexibility index (Phi) is 2.88. The van der Waals surface area contributed by atoms with Crippen LogP contribution in [-0.4, -0.2) is 21.6 Å². The van der Waals surface area contributed by atoms with Crippen molar-refractivity contribution in [2.45, 2.75) is 6.04 Å². The van der Waals surface area contributed by atoms with Gasteiger partial charge in [-0.1, -0.05) is 0 Å². The lowest BCUT2D eigenvalue weighted by atomic mass is 10.2. The second-order valence-corrected chi connectivity index (χ2v) is 2.45. The number of aliphatic hydroxyl groups is 1. The fourth-order valence-corrected chi connectivity index (χ4v) is 0.936. The zero-order valence-corrected chi connectivity index (χ0v) is 6.75. The van der Waals surface area contributed by atoms with Crippen LogP contribution in [0, 0.1) is 10.1 Å². The molecule has 70 valence electrons. The Morgan fingerprint density at radius 1 is 1.77 bits per heavy atom. The van der Waals surface area contributed by atoms with E-state index in [1.807, 2.05) is 0 Å². The Bertz CT molecular complexity index is 316. The molecule has 0 radical (unpaired) electrons. The van der Waals surface area contributed by atoms with Gasteiger partial charge in [0, 0.05) is 12.3 Å². The average Bonchev–Trinajstić information content (AvgIpc) is 2.16. The van der Waals surface area contributed by atoms with E-state index >= 15 is 0 Å². The molecule has 1 rings (SSSR count). The van der Waals surface area contributed by atoms with Gasteiger partial charge in [0.15, 0.2) is 0 Å². The van der Waals surface area contributed by atoms with Crippen LogP contribution in [0.25, 0.3) is 0 Å². The molecule has 0 spiro atoms. The van der Waals surface area contributed by atoms with Crippen LogP contribution in [0.2, 0.25) is 0 Å². The highest BCUT2D eigenvalue weighted by molar-refractivity contribution is 5.36. The summed E-state index contributed by atoms with van der Waals surface area (Å²) in [5.41, 5.74) is 5.36. The molecule has 0 bridgehead atoms. The lowest BCUT2D eigenvalue weighted by molar-refractivity contribution is -0.386. The molecule has 0 fully saturated rings. The smallest absolute Gasteiger partial charge is 0.292 e. The van der Waals surface area contributed by atoms with Crippen molar-refractivity contribution >= 4 is 5.69 Å². The van der Waals surface area contributed by atoms with Crippen molar-refractivity contribution in [3.8, 4) is 0 Å². The second-order valence-electron chi connectivity index (χ2n) is 2.45. The molecule has 0 aliphatic rings. The second kappa shape index (κ2) is 3.92. The third kappa shape index (κ3) is 1.98. The Balaban J connectivity index is 3.11. The maximum Gasteiger partial charge on any atom is 0.292 e. The fraction of sp³-hybridized carbons (Fsp3) is 0.286. The van der Waals surface area contributed by atoms with Crippen molar-refractivity contribution in [3.05, 3.63) is 34.1 Å². The molecule has 0 aliphatic carbocycles. The Hall–Kier alpha value is -1.53. The number of aromatic nitrogens is 1. The molecule has 1 atom stereocenters. The summed E-state index contributed by atoms with van der Waals surface area (Å²) >= 11 is 0. The summed E-state index contributed by atoms with van der Waals surface area (Å²) in [4.78, 5) is 13.6. The Morgan fingerprint density at radius 2 is 2.46 bits per heavy atom. The van der Waals surface area contributed by atoms with Crippen LogP contribution in [0.5, 0.6) is 0 Å². The van der Waals surface area contributed by atoms with Crippen LogP contribution in [-0.2, 0) is 0 Å². The van der Waals surface area contributed by atoms with E-state index in [0.717, 1.165) is 0 Å². The number of nitrogens with two attached hydrogens (primary N) is 1. The predicted molar refractivity (Wildman–Crippen MR) is 44.9 cm³/mol. The van der Waals surface area contributed by atoms with Crippen molar-refractivity contribution in [2.75, 3.05) is 6.61 Å². The van der Waals surface area contributed by atoms with Gasteiger partial charge < -0.3 is 10.8 Å². The summed E-state index contributed by atoms with van der Waals surface area (Å²) < 4.78 is 0. The first-order chi connectivity index (χ1) is 6.16. The lowest BCUT2D eigenvalue weighted by Crippen LogP contribution is -2.17. The highest BCUT2D eigenvalue weighted by atomic mass is 16.6. The summed E-state index contributed by atoms with van der Waals surface area (Å²) in [6, 6.07) is 1.95. The first-order valence-corrected chi connectivity index (χ1v) is 3.62. The molecule has 6 nitrogen and oxygen atoms in total. The number of nitrogens with zero attached hydrogens (tertiary/aromatic N) is 2. The third-order valence-electron chi connectivity index (χ3n) is 1.56. The fourth-order valence-electron chi connectivity index (χ4n) is 0.936. The van der Waals surface area contributed by atoms with E-state index in [1.165, 1.54) is 18.3 Å². The minimum Gasteiger partial charge on any atom is -0.394 e. The van der Waals surface area contributed by atoms with E-state index in [1.54, 1.807) is 0 Å². The normalized spacial score (nSPS) is 12.5. The first kappa shape index (κ1) is 9.56. The van der Waals surface area contributed by atoms with Crippen LogP contribution in [0.4, 0.5) is 5.69 Å². The summed E-state index contributed by atoms with van der Waals surface area (Å²) in [6.07, 6.45) is 1.40. The maximum atomic E-state index is 10.5. The Morgan fingerprint density at radius 3 is 3.00 bits per heavy atom. The topological polar surface area (TPSA) is 102 Å². The summed E-state index contributed by atoms with van der Waals surface area (Å²) in [7, 11) is 0. The number of aliphatic hydroxyl groups excluding tert-OH is 1. The minimum absolute atomic E-state index is 0.106. The zero-order chi connectivity index (χ0) is 9.84. The van der Waals surface area contributed by atoms with Gasteiger partial charge in [-0.3, -0.25) is 15.1 Å². The van der Waals surface area contributed by atoms with Crippen LogP contribution >= 0.6 is 0 Å². The lowest BCUT2D eigenvalue weighted by Gasteiger charge is -2.06. The van der Waals surface area contributed by atoms with E-state index in [9.17, 15) is 10.1 Å². The molecule has 0 aromatic carbocycles. The molecular formula is C7H9N3O3. The van der Waals surface area contributed by atoms with Crippen molar-refractivity contribution < 1.29 is 10.0 Å². The van der Waals surface area contributed by atoms with Gasteiger partial charge in [0.2, 0.25) is 0 Å². The molecule has 0 saturated carbocycles. The number of rotatable bonds is 3. The molecule has 1 heterocycles. The molecule has 6 heteroatoms. The van der Waals surface area contributed by atoms with Crippen LogP contribution in [0.1, 0.15) is 11.7 Å². The molecule has 3 N–H and O–H groups in total. The van der Waals surface area contributed by atoms with Gasteiger partial charge >= 0.3 is 0 Å². The SMILES string of the molecule is NC(CO)c1ncccc1[N+](=O)[O-]. The molecule has 1 aromatic rings. The van der Waals surface area contributed by atoms with Gasteiger partial charge in [-0.2, -0.15) is 0 Å². The number of pyridine rings is 1. The zero-order valence-electron chi connectivity index (χ0n) is 6.75. The van der Waals surface area contributed by atoms with Gasteiger partial charge in [-0.05, 0) is 6.07 Å². The molecule has 0 aliphatic heterocycles. The number of hydrogen-bond acceptors (Lipinski definition) is 5. The monoisotopic (exact) mass is 183 g/mol. The molecule has 13 heavy (non-hydrogen) atoms. The van der Waals surface area contributed by atoms with E-state index in [-0.39, 0.29) is 18.0 Å². The van der Waals surface area contributed by atoms with Crippen molar-refractivity contribution in [2.24, 2.45) is 5.73 Å². The first-order valence-electron chi connectivity index (χ1n) is 3.62. The highest BCUT2D eigenvalue weighted by Crippen LogP contribution is 2.19. The quantitative estimate of drug-likeness (QED) is 0.506. The predicted octanol–water partition coefficient (Wildman–Crippen LogP) is -0.0181. The summed E-state index contributed by atoms with van der Waals surface area (Å²) in [5.74, 6) is 0. The van der Waals surface area contributed by atoms with Gasteiger partial charge in [0.1, 0.15) is 5.69 Å². The van der Waals surface area contributed by atoms with Crippen molar-refractivity contribution in [3.63, 3.8) is 0 Å². The van der Waals surface area contributed by atoms with E-state index in [2.05, 4.69) is 4.98 Å². The molecule has 1 aromatic heterocycles. The van der Waals surface area contributed by atoms with Crippen molar-refractivity contribution in [1.82, 2.24) is 4.98 Å². The van der Waals surface area contributed by atoms with Crippen molar-refractivity contribution in [1.29, 1.82) is 0 Å². The molecule has 0 amide bonds. The number of hydrogen-bond donors (Lipinski definition) is 2. The third-order valence-corrected chi connectivity index (χ3v) is 1.56. The minimum atomic E-state index is -0.804. The van der Waals surface area contributed by atoms with Gasteiger partial charge in [-0.25, -0.2) is 0 Å². The van der Waals surface area contributed by atoms with Crippen LogP contribution < -0.4 is 5.73 Å². The van der Waals surface area contributed by atoms with Crippen LogP contribution in [0.3, 0.4) is 0 Å². The van der Waals surface area contributed by atoms with Gasteiger partial charge in [0.05, 0.1) is 17.6 Å². The van der Waals surface area contributed by atoms with E-state index in [0.29, 0.717) is 0 Å². The summed E-state index contributed by atoms with van der Waals surface area (Å²) in [5, 5.41) is 19.2. The number of nitro groups is 1. The van der Waals surface area contributed by atoms with Crippen LogP contribution in [0.15, 0.2) is 18.3 Å². The van der Waals surface area contributed by atoms with Gasteiger partial charge in [-0.15, -0.1) is 0 Å². The highest BCUT2D eigenvalue weighted by Gasteiger charge is 2.19. The average molecular weight is 183 g/mol. The summed E-state index contributed by atoms with van der Waals surface area (Å²) in [6.45, 7) is -0.363. The molecular weight excluding hydrogens is 174 g/mol. The largest absolute Gasteiger partial charge is 0.394 e. The molecule has 0 saturated heterocycles. The maximum absolute atomic E-state index is 10.5. The standard InChI is InChI=1S/C7H9N3O3/c8-5(4-11)7-6(10(12)13)2-1-3-9-7/h1-3,5,11H,4,8H2. The molecule has 1 unspecified atom stereocenters.